The summed E-state index contributed by atoms with van der Waals surface area (Å²) < 4.78 is 1.37. The van der Waals surface area contributed by atoms with Crippen LogP contribution < -0.4 is 0 Å². The van der Waals surface area contributed by atoms with Crippen molar-refractivity contribution in [2.75, 3.05) is 0 Å². The summed E-state index contributed by atoms with van der Waals surface area (Å²) in [5, 5.41) is 9.53. The van der Waals surface area contributed by atoms with Crippen molar-refractivity contribution < 1.29 is 5.11 Å². The smallest absolute Gasteiger partial charge is 0.212 e. The highest BCUT2D eigenvalue weighted by Gasteiger charge is 2.30. The number of hydrogen-bond donors (Lipinski definition) is 1. The Balaban J connectivity index is 2.25. The monoisotopic (exact) mass is 227 g/mol. The number of aliphatic hydroxyl groups excluding tert-OH is 1. The van der Waals surface area contributed by atoms with Crippen molar-refractivity contribution in [1.29, 1.82) is 0 Å². The molecule has 14 heavy (non-hydrogen) atoms. The first-order valence-electron chi connectivity index (χ1n) is 4.26. The van der Waals surface area contributed by atoms with Crippen LogP contribution in [0.4, 0.5) is 0 Å². The molecule has 0 aliphatic carbocycles. The van der Waals surface area contributed by atoms with E-state index in [9.17, 15) is 5.11 Å². The normalized spacial score (nSPS) is 21.9. The molecule has 2 nitrogen and oxygen atoms in total. The first kappa shape index (κ1) is 9.74. The predicted octanol–water partition coefficient (Wildman–Crippen LogP) is 3.63. The van der Waals surface area contributed by atoms with Gasteiger partial charge in [0, 0.05) is 16.7 Å². The van der Waals surface area contributed by atoms with Gasteiger partial charge in [-0.25, -0.2) is 4.42 Å². The molecular formula is C10H10ClNOS. The third-order valence-electron chi connectivity index (χ3n) is 2.10. The van der Waals surface area contributed by atoms with Gasteiger partial charge in [0.1, 0.15) is 5.37 Å². The van der Waals surface area contributed by atoms with E-state index in [1.165, 1.54) is 4.42 Å². The first-order chi connectivity index (χ1) is 6.70. The Bertz CT molecular complexity index is 366. The molecule has 0 aromatic heterocycles. The number of aliphatic hydroxyl groups is 1. The van der Waals surface area contributed by atoms with Gasteiger partial charge in [0.15, 0.2) is 0 Å². The van der Waals surface area contributed by atoms with E-state index >= 15 is 0 Å². The minimum atomic E-state index is -0.0159. The third-order valence-corrected chi connectivity index (χ3v) is 3.81. The van der Waals surface area contributed by atoms with Gasteiger partial charge in [0.25, 0.3) is 0 Å². The average molecular weight is 228 g/mol. The Labute approximate surface area is 92.3 Å². The minimum Gasteiger partial charge on any atom is -0.493 e. The van der Waals surface area contributed by atoms with Crippen LogP contribution in [0.1, 0.15) is 17.9 Å². The molecule has 0 fully saturated rings. The summed E-state index contributed by atoms with van der Waals surface area (Å²) in [7, 11) is 0. The second kappa shape index (κ2) is 3.75. The fourth-order valence-electron chi connectivity index (χ4n) is 1.34. The van der Waals surface area contributed by atoms with Crippen molar-refractivity contribution in [3.8, 4) is 0 Å². The summed E-state index contributed by atoms with van der Waals surface area (Å²) in [6, 6.07) is 9.89. The number of benzene rings is 1. The van der Waals surface area contributed by atoms with E-state index in [2.05, 4.69) is 0 Å². The van der Waals surface area contributed by atoms with Gasteiger partial charge in [-0.05, 0) is 12.5 Å². The van der Waals surface area contributed by atoms with Crippen LogP contribution in [-0.2, 0) is 0 Å². The Kier molecular flexibility index (Phi) is 2.61. The summed E-state index contributed by atoms with van der Waals surface area (Å²) in [5.41, 5.74) is 1.09. The van der Waals surface area contributed by atoms with Crippen molar-refractivity contribution in [2.24, 2.45) is 0 Å². The second-order valence-electron chi connectivity index (χ2n) is 3.07. The Morgan fingerprint density at radius 2 is 2.00 bits per heavy atom. The van der Waals surface area contributed by atoms with Crippen LogP contribution in [0.2, 0.25) is 0 Å². The quantitative estimate of drug-likeness (QED) is 0.741. The minimum absolute atomic E-state index is 0.0159. The van der Waals surface area contributed by atoms with E-state index in [0.717, 1.165) is 10.5 Å². The van der Waals surface area contributed by atoms with E-state index in [0.29, 0.717) is 0 Å². The molecule has 1 N–H and O–H groups in total. The third kappa shape index (κ3) is 1.57. The number of allylic oxidation sites excluding steroid dienone is 1. The number of nitrogens with zero attached hydrogens (tertiary/aromatic N) is 1. The van der Waals surface area contributed by atoms with Gasteiger partial charge in [0.05, 0.1) is 0 Å². The first-order valence-corrected chi connectivity index (χ1v) is 5.48. The average Bonchev–Trinajstić information content (AvgIpc) is 2.47. The van der Waals surface area contributed by atoms with Crippen LogP contribution in [0, 0.1) is 0 Å². The summed E-state index contributed by atoms with van der Waals surface area (Å²) in [6.07, 6.45) is 0. The summed E-state index contributed by atoms with van der Waals surface area (Å²) in [5.74, 6) is 0.158. The van der Waals surface area contributed by atoms with Crippen LogP contribution in [0.5, 0.6) is 0 Å². The molecule has 1 heterocycles. The molecule has 0 bridgehead atoms. The van der Waals surface area contributed by atoms with Gasteiger partial charge in [-0.2, -0.15) is 0 Å². The molecule has 2 rings (SSSR count). The maximum Gasteiger partial charge on any atom is 0.212 e. The molecule has 1 aliphatic rings. The van der Waals surface area contributed by atoms with E-state index in [1.54, 1.807) is 11.8 Å². The molecule has 1 aromatic carbocycles. The molecule has 0 radical (unpaired) electrons. The molecule has 1 atom stereocenters. The van der Waals surface area contributed by atoms with Crippen molar-refractivity contribution in [1.82, 2.24) is 4.42 Å². The zero-order valence-corrected chi connectivity index (χ0v) is 9.22. The highest BCUT2D eigenvalue weighted by atomic mass is 35.5. The van der Waals surface area contributed by atoms with Crippen molar-refractivity contribution in [3.63, 3.8) is 0 Å². The lowest BCUT2D eigenvalue weighted by Crippen LogP contribution is -2.10. The second-order valence-corrected chi connectivity index (χ2v) is 4.73. The van der Waals surface area contributed by atoms with Crippen molar-refractivity contribution in [2.45, 2.75) is 12.3 Å². The lowest BCUT2D eigenvalue weighted by molar-refractivity contribution is 0.287. The Morgan fingerprint density at radius 1 is 1.36 bits per heavy atom. The summed E-state index contributed by atoms with van der Waals surface area (Å²) in [4.78, 5) is 0.855. The van der Waals surface area contributed by atoms with Gasteiger partial charge in [-0.1, -0.05) is 42.1 Å². The van der Waals surface area contributed by atoms with Gasteiger partial charge >= 0.3 is 0 Å². The molecular weight excluding hydrogens is 218 g/mol. The van der Waals surface area contributed by atoms with Crippen molar-refractivity contribution >= 4 is 23.5 Å². The summed E-state index contributed by atoms with van der Waals surface area (Å²) in [6.45, 7) is 1.86. The number of halogens is 1. The molecule has 1 aliphatic heterocycles. The Morgan fingerprint density at radius 3 is 2.50 bits per heavy atom. The van der Waals surface area contributed by atoms with E-state index in [4.69, 9.17) is 11.8 Å². The van der Waals surface area contributed by atoms with Gasteiger partial charge in [-0.3, -0.25) is 0 Å². The zero-order valence-electron chi connectivity index (χ0n) is 7.64. The number of thioether (sulfide) groups is 1. The van der Waals surface area contributed by atoms with Gasteiger partial charge < -0.3 is 5.11 Å². The van der Waals surface area contributed by atoms with Crippen LogP contribution in [0.15, 0.2) is 41.1 Å². The highest BCUT2D eigenvalue weighted by Crippen LogP contribution is 2.47. The predicted molar refractivity (Wildman–Crippen MR) is 59.8 cm³/mol. The number of rotatable bonds is 1. The van der Waals surface area contributed by atoms with Gasteiger partial charge in [0.2, 0.25) is 5.88 Å². The van der Waals surface area contributed by atoms with Crippen LogP contribution in [0.25, 0.3) is 0 Å². The lowest BCUT2D eigenvalue weighted by Gasteiger charge is -2.17. The Hall–Kier alpha value is -0.800. The summed E-state index contributed by atoms with van der Waals surface area (Å²) >= 11 is 7.52. The molecule has 4 heteroatoms. The largest absolute Gasteiger partial charge is 0.493 e. The zero-order chi connectivity index (χ0) is 10.1. The number of hydrogen-bond acceptors (Lipinski definition) is 3. The fraction of sp³-hybridized carbons (Fsp3) is 0.200. The van der Waals surface area contributed by atoms with E-state index < -0.39 is 0 Å². The molecule has 0 saturated carbocycles. The van der Waals surface area contributed by atoms with Crippen LogP contribution in [0.3, 0.4) is 0 Å². The van der Waals surface area contributed by atoms with Crippen molar-refractivity contribution in [3.05, 3.63) is 46.7 Å². The van der Waals surface area contributed by atoms with E-state index in [-0.39, 0.29) is 11.3 Å². The topological polar surface area (TPSA) is 23.5 Å². The maximum absolute atomic E-state index is 9.55. The fourth-order valence-corrected chi connectivity index (χ4v) is 2.78. The maximum atomic E-state index is 9.55. The molecule has 1 unspecified atom stereocenters. The van der Waals surface area contributed by atoms with E-state index in [1.807, 2.05) is 37.3 Å². The highest BCUT2D eigenvalue weighted by molar-refractivity contribution is 8.03. The molecule has 1 aromatic rings. The standard InChI is InChI=1S/C10H10ClNOS/c1-7-9(13)12(11)10(14-7)8-5-3-2-4-6-8/h2-6,10,13H,1H3. The molecule has 0 spiro atoms. The van der Waals surface area contributed by atoms with Crippen LogP contribution in [-0.4, -0.2) is 9.53 Å². The SMILES string of the molecule is CC1=C(O)N(Cl)C(c2ccccc2)S1. The van der Waals surface area contributed by atoms with Gasteiger partial charge in [-0.15, -0.1) is 0 Å². The molecule has 74 valence electrons. The lowest BCUT2D eigenvalue weighted by atomic mass is 10.2. The van der Waals surface area contributed by atoms with Crippen LogP contribution >= 0.6 is 23.5 Å². The molecule has 0 amide bonds. The molecule has 0 saturated heterocycles.